The number of amides is 1. The third-order valence-corrected chi connectivity index (χ3v) is 5.48. The van der Waals surface area contributed by atoms with Gasteiger partial charge in [-0.05, 0) is 24.1 Å². The highest BCUT2D eigenvalue weighted by molar-refractivity contribution is 5.94. The summed E-state index contributed by atoms with van der Waals surface area (Å²) in [6, 6.07) is 7.35. The molecule has 1 fully saturated rings. The van der Waals surface area contributed by atoms with E-state index in [0.717, 1.165) is 31.5 Å². The van der Waals surface area contributed by atoms with E-state index in [1.54, 1.807) is 12.1 Å². The number of aromatic nitrogens is 4. The number of carbonyl (C=O) groups excluding carboxylic acids is 1. The normalized spacial score (nSPS) is 14.0. The smallest absolute Gasteiger partial charge is 0.266 e. The van der Waals surface area contributed by atoms with Crippen molar-refractivity contribution >= 4 is 28.7 Å². The average Bonchev–Trinajstić information content (AvgIpc) is 2.81. The summed E-state index contributed by atoms with van der Waals surface area (Å²) in [5, 5.41) is 6.75. The molecule has 3 heterocycles. The summed E-state index contributed by atoms with van der Waals surface area (Å²) in [6.07, 6.45) is 3.42. The lowest BCUT2D eigenvalue weighted by molar-refractivity contribution is 0.0736. The van der Waals surface area contributed by atoms with E-state index in [9.17, 15) is 9.59 Å². The number of rotatable bonds is 7. The van der Waals surface area contributed by atoms with Gasteiger partial charge in [0.25, 0.3) is 11.5 Å². The van der Waals surface area contributed by atoms with Gasteiger partial charge in [0, 0.05) is 38.3 Å². The highest BCUT2D eigenvalue weighted by Crippen LogP contribution is 2.16. The third kappa shape index (κ3) is 4.70. The molecule has 168 valence electrons. The van der Waals surface area contributed by atoms with E-state index < -0.39 is 0 Å². The first-order valence-electron chi connectivity index (χ1n) is 10.9. The van der Waals surface area contributed by atoms with Gasteiger partial charge in [0.2, 0.25) is 5.95 Å². The second-order valence-electron chi connectivity index (χ2n) is 7.83. The van der Waals surface area contributed by atoms with Crippen LogP contribution in [0, 0.1) is 0 Å². The minimum atomic E-state index is -0.241. The van der Waals surface area contributed by atoms with Crippen LogP contribution in [0.5, 0.6) is 0 Å². The number of nitrogens with one attached hydrogen (secondary N) is 2. The lowest BCUT2D eigenvalue weighted by Gasteiger charge is -2.27. The Morgan fingerprint density at radius 1 is 1.19 bits per heavy atom. The summed E-state index contributed by atoms with van der Waals surface area (Å²) in [7, 11) is 0. The first-order chi connectivity index (χ1) is 15.6. The molecule has 10 heteroatoms. The molecule has 2 aromatic heterocycles. The molecule has 1 aliphatic heterocycles. The molecule has 10 nitrogen and oxygen atoms in total. The van der Waals surface area contributed by atoms with E-state index in [-0.39, 0.29) is 23.1 Å². The van der Waals surface area contributed by atoms with Gasteiger partial charge < -0.3 is 21.3 Å². The third-order valence-electron chi connectivity index (χ3n) is 5.48. The maximum absolute atomic E-state index is 13.2. The molecule has 4 N–H and O–H groups in total. The van der Waals surface area contributed by atoms with Crippen molar-refractivity contribution in [2.45, 2.75) is 26.3 Å². The molecule has 0 spiro atoms. The molecule has 4 rings (SSSR count). The summed E-state index contributed by atoms with van der Waals surface area (Å²) in [5.74, 6) is 0.510. The first-order valence-corrected chi connectivity index (χ1v) is 10.9. The highest BCUT2D eigenvalue weighted by Gasteiger charge is 2.18. The van der Waals surface area contributed by atoms with E-state index in [1.807, 2.05) is 17.0 Å². The Hall–Kier alpha value is -3.53. The van der Waals surface area contributed by atoms with Gasteiger partial charge in [0.1, 0.15) is 17.5 Å². The van der Waals surface area contributed by atoms with E-state index in [2.05, 4.69) is 32.5 Å². The minimum absolute atomic E-state index is 0.0279. The molecule has 1 amide bonds. The minimum Gasteiger partial charge on any atom is -0.369 e. The first kappa shape index (κ1) is 21.7. The molecule has 3 aromatic rings. The second-order valence-corrected chi connectivity index (χ2v) is 7.83. The SMILES string of the molecule is CCCCNc1nc(N)nc2ncn(Cc3ccc(C(=O)N4CCNCC4)cc3)c(=O)c12. The fraction of sp³-hybridized carbons (Fsp3) is 0.409. The fourth-order valence-corrected chi connectivity index (χ4v) is 3.70. The molecule has 1 saturated heterocycles. The highest BCUT2D eigenvalue weighted by atomic mass is 16.2. The van der Waals surface area contributed by atoms with Crippen LogP contribution in [0.15, 0.2) is 35.4 Å². The zero-order valence-corrected chi connectivity index (χ0v) is 18.2. The van der Waals surface area contributed by atoms with Crippen molar-refractivity contribution in [3.05, 3.63) is 52.1 Å². The van der Waals surface area contributed by atoms with E-state index in [0.29, 0.717) is 42.9 Å². The van der Waals surface area contributed by atoms with Crippen molar-refractivity contribution in [1.82, 2.24) is 29.7 Å². The molecule has 32 heavy (non-hydrogen) atoms. The van der Waals surface area contributed by atoms with E-state index >= 15 is 0 Å². The van der Waals surface area contributed by atoms with Crippen molar-refractivity contribution < 1.29 is 4.79 Å². The summed E-state index contributed by atoms with van der Waals surface area (Å²) >= 11 is 0. The standard InChI is InChI=1S/C22H28N8O2/c1-2-3-8-25-18-17-19(28-22(23)27-18)26-14-30(21(17)32)13-15-4-6-16(7-5-15)20(31)29-11-9-24-10-12-29/h4-7,14,24H,2-3,8-13H2,1H3,(H3,23,25,27,28). The Balaban J connectivity index is 1.56. The topological polar surface area (TPSA) is 131 Å². The van der Waals surface area contributed by atoms with Crippen LogP contribution in [0.3, 0.4) is 0 Å². The molecular weight excluding hydrogens is 408 g/mol. The summed E-state index contributed by atoms with van der Waals surface area (Å²) < 4.78 is 1.51. The van der Waals surface area contributed by atoms with Gasteiger partial charge in [-0.2, -0.15) is 9.97 Å². The fourth-order valence-electron chi connectivity index (χ4n) is 3.70. The molecule has 0 unspecified atom stereocenters. The van der Waals surface area contributed by atoms with Gasteiger partial charge in [-0.15, -0.1) is 0 Å². The molecular formula is C22H28N8O2. The molecule has 1 aromatic carbocycles. The van der Waals surface area contributed by atoms with Crippen LogP contribution < -0.4 is 21.9 Å². The largest absolute Gasteiger partial charge is 0.369 e. The maximum Gasteiger partial charge on any atom is 0.266 e. The van der Waals surface area contributed by atoms with Crippen LogP contribution >= 0.6 is 0 Å². The number of carbonyl (C=O) groups is 1. The molecule has 0 bridgehead atoms. The number of hydrogen-bond acceptors (Lipinski definition) is 8. The van der Waals surface area contributed by atoms with Gasteiger partial charge >= 0.3 is 0 Å². The number of piperazine rings is 1. The van der Waals surface area contributed by atoms with Crippen LogP contribution in [-0.2, 0) is 6.54 Å². The predicted octanol–water partition coefficient (Wildman–Crippen LogP) is 1.07. The Bertz CT molecular complexity index is 1150. The van der Waals surface area contributed by atoms with Gasteiger partial charge in [-0.25, -0.2) is 4.98 Å². The average molecular weight is 437 g/mol. The quantitative estimate of drug-likeness (QED) is 0.469. The molecule has 0 saturated carbocycles. The number of unbranched alkanes of at least 4 members (excludes halogenated alkanes) is 1. The van der Waals surface area contributed by atoms with Crippen molar-refractivity contribution in [2.24, 2.45) is 0 Å². The summed E-state index contributed by atoms with van der Waals surface area (Å²) in [6.45, 7) is 6.13. The Morgan fingerprint density at radius 2 is 1.94 bits per heavy atom. The monoisotopic (exact) mass is 436 g/mol. The molecule has 0 radical (unpaired) electrons. The zero-order valence-electron chi connectivity index (χ0n) is 18.2. The van der Waals surface area contributed by atoms with Crippen molar-refractivity contribution in [1.29, 1.82) is 0 Å². The van der Waals surface area contributed by atoms with E-state index in [4.69, 9.17) is 5.73 Å². The lowest BCUT2D eigenvalue weighted by atomic mass is 10.1. The Morgan fingerprint density at radius 3 is 2.66 bits per heavy atom. The molecule has 0 aliphatic carbocycles. The zero-order chi connectivity index (χ0) is 22.5. The van der Waals surface area contributed by atoms with Crippen LogP contribution in [0.1, 0.15) is 35.7 Å². The number of benzene rings is 1. The Kier molecular flexibility index (Phi) is 6.60. The summed E-state index contributed by atoms with van der Waals surface area (Å²) in [5.41, 5.74) is 7.35. The van der Waals surface area contributed by atoms with Crippen LogP contribution in [0.4, 0.5) is 11.8 Å². The van der Waals surface area contributed by atoms with Crippen molar-refractivity contribution in [2.75, 3.05) is 43.8 Å². The van der Waals surface area contributed by atoms with Crippen LogP contribution in [-0.4, -0.2) is 63.0 Å². The number of hydrogen-bond donors (Lipinski definition) is 3. The Labute approximate surface area is 185 Å². The predicted molar refractivity (Wildman–Crippen MR) is 124 cm³/mol. The molecule has 1 aliphatic rings. The van der Waals surface area contributed by atoms with E-state index in [1.165, 1.54) is 10.9 Å². The van der Waals surface area contributed by atoms with Crippen molar-refractivity contribution in [3.8, 4) is 0 Å². The number of nitrogens with zero attached hydrogens (tertiary/aromatic N) is 5. The van der Waals surface area contributed by atoms with Crippen LogP contribution in [0.25, 0.3) is 11.0 Å². The van der Waals surface area contributed by atoms with Gasteiger partial charge in [0.05, 0.1) is 6.54 Å². The maximum atomic E-state index is 13.2. The van der Waals surface area contributed by atoms with Gasteiger partial charge in [-0.3, -0.25) is 14.2 Å². The summed E-state index contributed by atoms with van der Waals surface area (Å²) in [4.78, 5) is 40.3. The number of nitrogens with two attached hydrogens (primary N) is 1. The van der Waals surface area contributed by atoms with Crippen LogP contribution in [0.2, 0.25) is 0 Å². The number of anilines is 2. The number of nitrogen functional groups attached to an aromatic ring is 1. The van der Waals surface area contributed by atoms with Crippen molar-refractivity contribution in [3.63, 3.8) is 0 Å². The van der Waals surface area contributed by atoms with Gasteiger partial charge in [0.15, 0.2) is 5.65 Å². The second kappa shape index (κ2) is 9.73. The number of fused-ring (bicyclic) bond motifs is 1. The van der Waals surface area contributed by atoms with Gasteiger partial charge in [-0.1, -0.05) is 25.5 Å². The lowest BCUT2D eigenvalue weighted by Crippen LogP contribution is -2.46. The molecule has 0 atom stereocenters.